The molecule has 0 aromatic rings. The predicted octanol–water partition coefficient (Wildman–Crippen LogP) is 0.502. The fourth-order valence-electron chi connectivity index (χ4n) is 2.61. The van der Waals surface area contributed by atoms with Crippen LogP contribution in [0.1, 0.15) is 26.7 Å². The van der Waals surface area contributed by atoms with Crippen molar-refractivity contribution in [2.24, 2.45) is 5.73 Å². The lowest BCUT2D eigenvalue weighted by molar-refractivity contribution is 0.0411. The number of nitrogens with zero attached hydrogens (tertiary/aromatic N) is 2. The summed E-state index contributed by atoms with van der Waals surface area (Å²) in [6, 6.07) is 2.00. The van der Waals surface area contributed by atoms with E-state index in [0.29, 0.717) is 6.04 Å². The van der Waals surface area contributed by atoms with Crippen molar-refractivity contribution in [3.8, 4) is 0 Å². The van der Waals surface area contributed by atoms with Gasteiger partial charge in [0.1, 0.15) is 0 Å². The van der Waals surface area contributed by atoms with Gasteiger partial charge in [-0.2, -0.15) is 0 Å². The average molecular weight is 197 g/mol. The molecule has 2 saturated heterocycles. The molecule has 82 valence electrons. The first kappa shape index (κ1) is 10.4. The highest BCUT2D eigenvalue weighted by Gasteiger charge is 2.32. The largest absolute Gasteiger partial charge is 0.325 e. The first-order valence-electron chi connectivity index (χ1n) is 5.90. The molecular weight excluding hydrogens is 174 g/mol. The Labute approximate surface area is 87.2 Å². The van der Waals surface area contributed by atoms with E-state index in [2.05, 4.69) is 23.6 Å². The minimum absolute atomic E-state index is 0.457. The maximum absolute atomic E-state index is 5.80. The van der Waals surface area contributed by atoms with Crippen molar-refractivity contribution >= 4 is 0 Å². The molecule has 0 radical (unpaired) electrons. The molecule has 0 unspecified atom stereocenters. The second-order valence-electron chi connectivity index (χ2n) is 5.07. The summed E-state index contributed by atoms with van der Waals surface area (Å²) >= 11 is 0. The van der Waals surface area contributed by atoms with Crippen LogP contribution in [0.15, 0.2) is 0 Å². The summed E-state index contributed by atoms with van der Waals surface area (Å²) in [6.45, 7) is 9.39. The van der Waals surface area contributed by atoms with Crippen LogP contribution in [0.2, 0.25) is 0 Å². The van der Waals surface area contributed by atoms with Gasteiger partial charge in [0.2, 0.25) is 0 Å². The zero-order valence-corrected chi connectivity index (χ0v) is 9.45. The van der Waals surface area contributed by atoms with Crippen molar-refractivity contribution in [3.63, 3.8) is 0 Å². The van der Waals surface area contributed by atoms with E-state index < -0.39 is 0 Å². The summed E-state index contributed by atoms with van der Waals surface area (Å²) in [5.74, 6) is 0. The van der Waals surface area contributed by atoms with Gasteiger partial charge >= 0.3 is 0 Å². The molecule has 0 atom stereocenters. The minimum Gasteiger partial charge on any atom is -0.325 e. The summed E-state index contributed by atoms with van der Waals surface area (Å²) in [7, 11) is 0. The lowest BCUT2D eigenvalue weighted by Gasteiger charge is -2.46. The highest BCUT2D eigenvalue weighted by molar-refractivity contribution is 4.90. The molecule has 0 aliphatic carbocycles. The lowest BCUT2D eigenvalue weighted by atomic mass is 9.97. The molecule has 2 aliphatic rings. The number of hydrogen-bond acceptors (Lipinski definition) is 3. The summed E-state index contributed by atoms with van der Waals surface area (Å²) < 4.78 is 0. The monoisotopic (exact) mass is 197 g/mol. The quantitative estimate of drug-likeness (QED) is 0.700. The van der Waals surface area contributed by atoms with Crippen molar-refractivity contribution in [2.75, 3.05) is 26.2 Å². The van der Waals surface area contributed by atoms with Crippen molar-refractivity contribution < 1.29 is 0 Å². The number of rotatable bonds is 2. The Hall–Kier alpha value is -0.120. The molecule has 3 heteroatoms. The summed E-state index contributed by atoms with van der Waals surface area (Å²) in [5, 5.41) is 0. The van der Waals surface area contributed by atoms with Crippen molar-refractivity contribution in [1.82, 2.24) is 9.80 Å². The summed E-state index contributed by atoms with van der Waals surface area (Å²) in [5.41, 5.74) is 5.80. The SMILES string of the molecule is CC(C)N1CCC(N2CC(N)C2)CC1. The van der Waals surface area contributed by atoms with E-state index in [1.54, 1.807) is 0 Å². The third-order valence-electron chi connectivity index (χ3n) is 3.68. The van der Waals surface area contributed by atoms with Crippen LogP contribution in [0.25, 0.3) is 0 Å². The van der Waals surface area contributed by atoms with Crippen LogP contribution < -0.4 is 5.73 Å². The van der Waals surface area contributed by atoms with Gasteiger partial charge in [-0.3, -0.25) is 4.90 Å². The first-order chi connectivity index (χ1) is 6.66. The number of likely N-dealkylation sites (tertiary alicyclic amines) is 2. The smallest absolute Gasteiger partial charge is 0.0297 e. The lowest BCUT2D eigenvalue weighted by Crippen LogP contribution is -2.61. The van der Waals surface area contributed by atoms with Crippen LogP contribution in [0.4, 0.5) is 0 Å². The van der Waals surface area contributed by atoms with E-state index in [9.17, 15) is 0 Å². The van der Waals surface area contributed by atoms with Gasteiger partial charge in [-0.1, -0.05) is 0 Å². The summed E-state index contributed by atoms with van der Waals surface area (Å²) in [6.07, 6.45) is 2.68. The van der Waals surface area contributed by atoms with Crippen LogP contribution in [-0.4, -0.2) is 54.1 Å². The molecule has 2 aliphatic heterocycles. The number of hydrogen-bond donors (Lipinski definition) is 1. The topological polar surface area (TPSA) is 32.5 Å². The number of piperidine rings is 1. The molecule has 2 fully saturated rings. The molecule has 0 bridgehead atoms. The van der Waals surface area contributed by atoms with Gasteiger partial charge in [-0.15, -0.1) is 0 Å². The van der Waals surface area contributed by atoms with Gasteiger partial charge < -0.3 is 10.6 Å². The Morgan fingerprint density at radius 2 is 1.71 bits per heavy atom. The fraction of sp³-hybridized carbons (Fsp3) is 1.00. The Balaban J connectivity index is 1.73. The van der Waals surface area contributed by atoms with Crippen LogP contribution in [-0.2, 0) is 0 Å². The van der Waals surface area contributed by atoms with E-state index in [-0.39, 0.29) is 0 Å². The Bertz CT molecular complexity index is 179. The molecule has 3 nitrogen and oxygen atoms in total. The van der Waals surface area contributed by atoms with E-state index in [1.807, 2.05) is 0 Å². The maximum atomic E-state index is 5.80. The maximum Gasteiger partial charge on any atom is 0.0297 e. The second kappa shape index (κ2) is 4.17. The molecule has 0 amide bonds. The van der Waals surface area contributed by atoms with E-state index in [1.165, 1.54) is 25.9 Å². The van der Waals surface area contributed by atoms with Gasteiger partial charge in [0, 0.05) is 31.2 Å². The average Bonchev–Trinajstić information content (AvgIpc) is 2.13. The Morgan fingerprint density at radius 1 is 1.14 bits per heavy atom. The zero-order valence-electron chi connectivity index (χ0n) is 9.45. The van der Waals surface area contributed by atoms with Crippen LogP contribution in [0.3, 0.4) is 0 Å². The van der Waals surface area contributed by atoms with Crippen LogP contribution in [0, 0.1) is 0 Å². The molecule has 2 heterocycles. The molecule has 2 N–H and O–H groups in total. The first-order valence-corrected chi connectivity index (χ1v) is 5.90. The zero-order chi connectivity index (χ0) is 10.1. The van der Waals surface area contributed by atoms with Crippen molar-refractivity contribution in [1.29, 1.82) is 0 Å². The van der Waals surface area contributed by atoms with Gasteiger partial charge in [-0.05, 0) is 39.8 Å². The fourth-order valence-corrected chi connectivity index (χ4v) is 2.61. The molecule has 0 aromatic carbocycles. The van der Waals surface area contributed by atoms with Gasteiger partial charge in [0.25, 0.3) is 0 Å². The Morgan fingerprint density at radius 3 is 2.14 bits per heavy atom. The second-order valence-corrected chi connectivity index (χ2v) is 5.07. The summed E-state index contributed by atoms with van der Waals surface area (Å²) in [4.78, 5) is 5.14. The standard InChI is InChI=1S/C11H23N3/c1-9(2)13-5-3-11(4-6-13)14-7-10(12)8-14/h9-11H,3-8,12H2,1-2H3. The Kier molecular flexibility index (Phi) is 3.10. The van der Waals surface area contributed by atoms with E-state index in [0.717, 1.165) is 25.2 Å². The van der Waals surface area contributed by atoms with Gasteiger partial charge in [0.15, 0.2) is 0 Å². The molecule has 0 aromatic heterocycles. The predicted molar refractivity (Wildman–Crippen MR) is 59.3 cm³/mol. The highest BCUT2D eigenvalue weighted by Crippen LogP contribution is 2.21. The molecule has 2 rings (SSSR count). The van der Waals surface area contributed by atoms with Crippen molar-refractivity contribution in [3.05, 3.63) is 0 Å². The number of nitrogens with two attached hydrogens (primary N) is 1. The van der Waals surface area contributed by atoms with Crippen LogP contribution in [0.5, 0.6) is 0 Å². The minimum atomic E-state index is 0.457. The van der Waals surface area contributed by atoms with E-state index >= 15 is 0 Å². The molecule has 14 heavy (non-hydrogen) atoms. The molecule has 0 saturated carbocycles. The molecular formula is C11H23N3. The third kappa shape index (κ3) is 2.10. The third-order valence-corrected chi connectivity index (χ3v) is 3.68. The van der Waals surface area contributed by atoms with Gasteiger partial charge in [-0.25, -0.2) is 0 Å². The van der Waals surface area contributed by atoms with E-state index in [4.69, 9.17) is 5.73 Å². The highest BCUT2D eigenvalue weighted by atomic mass is 15.3. The van der Waals surface area contributed by atoms with Crippen molar-refractivity contribution in [2.45, 2.75) is 44.8 Å². The van der Waals surface area contributed by atoms with Gasteiger partial charge in [0.05, 0.1) is 0 Å². The normalized spacial score (nSPS) is 28.3. The molecule has 0 spiro atoms. The van der Waals surface area contributed by atoms with Crippen LogP contribution >= 0.6 is 0 Å².